The SMILES string of the molecule is COC(=O)C1=C(CN2CCOC(/C=C/C(=O)O)C2)NC(c2nccs2)=NC1c1ccc(Cl)cc1Cl. The summed E-state index contributed by atoms with van der Waals surface area (Å²) in [7, 11) is 1.31. The number of aromatic nitrogens is 1. The van der Waals surface area contributed by atoms with E-state index in [4.69, 9.17) is 42.8 Å². The quantitative estimate of drug-likeness (QED) is 0.409. The van der Waals surface area contributed by atoms with Gasteiger partial charge in [0.05, 0.1) is 25.4 Å². The van der Waals surface area contributed by atoms with Gasteiger partial charge in [0.1, 0.15) is 6.04 Å². The molecule has 3 heterocycles. The number of nitrogens with zero attached hydrogens (tertiary/aromatic N) is 3. The van der Waals surface area contributed by atoms with Gasteiger partial charge in [0.25, 0.3) is 0 Å². The molecule has 2 N–H and O–H groups in total. The molecule has 2 atom stereocenters. The Hall–Kier alpha value is -2.76. The Bertz CT molecular complexity index is 1200. The first-order valence-corrected chi connectivity index (χ1v) is 12.3. The number of aliphatic carboxylic acids is 1. The summed E-state index contributed by atoms with van der Waals surface area (Å²) >= 11 is 14.0. The predicted octanol–water partition coefficient (Wildman–Crippen LogP) is 3.31. The highest BCUT2D eigenvalue weighted by atomic mass is 35.5. The zero-order valence-electron chi connectivity index (χ0n) is 18.6. The minimum absolute atomic E-state index is 0.321. The van der Waals surface area contributed by atoms with E-state index in [1.54, 1.807) is 24.4 Å². The predicted molar refractivity (Wildman–Crippen MR) is 133 cm³/mol. The zero-order chi connectivity index (χ0) is 24.9. The molecule has 0 bridgehead atoms. The van der Waals surface area contributed by atoms with Crippen molar-refractivity contribution in [3.63, 3.8) is 0 Å². The topological polar surface area (TPSA) is 113 Å². The lowest BCUT2D eigenvalue weighted by Crippen LogP contribution is -2.46. The summed E-state index contributed by atoms with van der Waals surface area (Å²) in [6, 6.07) is 4.30. The van der Waals surface area contributed by atoms with Crippen LogP contribution in [-0.2, 0) is 19.1 Å². The maximum Gasteiger partial charge on any atom is 0.338 e. The second kappa shape index (κ2) is 11.3. The largest absolute Gasteiger partial charge is 0.478 e. The summed E-state index contributed by atoms with van der Waals surface area (Å²) in [6.07, 6.45) is 3.86. The lowest BCUT2D eigenvalue weighted by Gasteiger charge is -2.34. The van der Waals surface area contributed by atoms with Gasteiger partial charge in [0.15, 0.2) is 10.8 Å². The molecular formula is C23H22Cl2N4O5S. The summed E-state index contributed by atoms with van der Waals surface area (Å²) in [6.45, 7) is 1.79. The van der Waals surface area contributed by atoms with Crippen LogP contribution in [0.15, 0.2) is 58.2 Å². The van der Waals surface area contributed by atoms with Gasteiger partial charge in [-0.1, -0.05) is 29.3 Å². The Labute approximate surface area is 215 Å². The molecule has 2 aliphatic heterocycles. The van der Waals surface area contributed by atoms with E-state index in [0.717, 1.165) is 6.08 Å². The van der Waals surface area contributed by atoms with Crippen LogP contribution in [0.4, 0.5) is 0 Å². The molecule has 1 saturated heterocycles. The monoisotopic (exact) mass is 536 g/mol. The number of rotatable bonds is 7. The number of esters is 1. The van der Waals surface area contributed by atoms with Crippen molar-refractivity contribution in [2.75, 3.05) is 33.4 Å². The Morgan fingerprint density at radius 1 is 1.40 bits per heavy atom. The number of hydrogen-bond donors (Lipinski definition) is 2. The minimum Gasteiger partial charge on any atom is -0.478 e. The molecular weight excluding hydrogens is 515 g/mol. The molecule has 2 unspecified atom stereocenters. The number of carboxylic acids is 1. The molecule has 12 heteroatoms. The lowest BCUT2D eigenvalue weighted by atomic mass is 9.95. The van der Waals surface area contributed by atoms with Crippen molar-refractivity contribution in [1.29, 1.82) is 0 Å². The number of nitrogens with one attached hydrogen (secondary N) is 1. The maximum absolute atomic E-state index is 13.0. The molecule has 2 aromatic rings. The van der Waals surface area contributed by atoms with Crippen molar-refractivity contribution in [3.8, 4) is 0 Å². The van der Waals surface area contributed by atoms with Crippen molar-refractivity contribution in [2.45, 2.75) is 12.1 Å². The molecule has 0 spiro atoms. The first kappa shape index (κ1) is 25.3. The Balaban J connectivity index is 1.73. The van der Waals surface area contributed by atoms with Gasteiger partial charge in [-0.05, 0) is 18.2 Å². The van der Waals surface area contributed by atoms with Crippen LogP contribution >= 0.6 is 34.5 Å². The van der Waals surface area contributed by atoms with E-state index in [0.29, 0.717) is 64.0 Å². The molecule has 4 rings (SSSR count). The fraction of sp³-hybridized carbons (Fsp3) is 0.304. The first-order chi connectivity index (χ1) is 16.9. The fourth-order valence-corrected chi connectivity index (χ4v) is 4.97. The van der Waals surface area contributed by atoms with E-state index in [-0.39, 0.29) is 6.10 Å². The lowest BCUT2D eigenvalue weighted by molar-refractivity contribution is -0.136. The highest BCUT2D eigenvalue weighted by molar-refractivity contribution is 7.11. The molecule has 0 saturated carbocycles. The summed E-state index contributed by atoms with van der Waals surface area (Å²) in [5.74, 6) is -1.07. The number of carbonyl (C=O) groups excluding carboxylic acids is 1. The zero-order valence-corrected chi connectivity index (χ0v) is 20.9. The van der Waals surface area contributed by atoms with Gasteiger partial charge in [-0.2, -0.15) is 0 Å². The van der Waals surface area contributed by atoms with Crippen LogP contribution in [0.3, 0.4) is 0 Å². The fourth-order valence-electron chi connectivity index (χ4n) is 3.87. The second-order valence-electron chi connectivity index (χ2n) is 7.73. The molecule has 184 valence electrons. The van der Waals surface area contributed by atoms with E-state index >= 15 is 0 Å². The van der Waals surface area contributed by atoms with Crippen LogP contribution in [0.2, 0.25) is 10.0 Å². The molecule has 9 nitrogen and oxygen atoms in total. The number of carbonyl (C=O) groups is 2. The van der Waals surface area contributed by atoms with Crippen LogP contribution in [-0.4, -0.2) is 72.2 Å². The molecule has 35 heavy (non-hydrogen) atoms. The highest BCUT2D eigenvalue weighted by Crippen LogP contribution is 2.37. The van der Waals surface area contributed by atoms with Crippen LogP contribution < -0.4 is 5.32 Å². The van der Waals surface area contributed by atoms with Gasteiger partial charge < -0.3 is 19.9 Å². The third-order valence-electron chi connectivity index (χ3n) is 5.44. The van der Waals surface area contributed by atoms with Gasteiger partial charge >= 0.3 is 11.9 Å². The number of ether oxygens (including phenoxy) is 2. The van der Waals surface area contributed by atoms with Crippen molar-refractivity contribution in [2.24, 2.45) is 4.99 Å². The first-order valence-electron chi connectivity index (χ1n) is 10.6. The minimum atomic E-state index is -1.04. The van der Waals surface area contributed by atoms with Gasteiger partial charge in [-0.3, -0.25) is 9.89 Å². The van der Waals surface area contributed by atoms with Gasteiger partial charge in [0, 0.05) is 58.6 Å². The maximum atomic E-state index is 13.0. The van der Waals surface area contributed by atoms with Crippen LogP contribution in [0.1, 0.15) is 16.6 Å². The molecule has 1 aromatic heterocycles. The number of amidine groups is 1. The van der Waals surface area contributed by atoms with Crippen molar-refractivity contribution in [3.05, 3.63) is 73.8 Å². The molecule has 0 aliphatic carbocycles. The van der Waals surface area contributed by atoms with E-state index in [9.17, 15) is 9.59 Å². The normalized spacial score (nSPS) is 21.1. The van der Waals surface area contributed by atoms with E-state index in [1.807, 2.05) is 5.38 Å². The van der Waals surface area contributed by atoms with E-state index in [2.05, 4.69) is 15.2 Å². The standard InChI is InChI=1S/C23H22Cl2N4O5S/c1-33-23(32)19-17(12-29-7-8-34-14(11-29)3-5-18(30)31)27-21(22-26-6-9-35-22)28-20(19)15-4-2-13(24)10-16(15)25/h2-6,9-10,14,20H,7-8,11-12H2,1H3,(H,27,28)(H,30,31)/b5-3+. The molecule has 2 aliphatic rings. The Morgan fingerprint density at radius 3 is 2.91 bits per heavy atom. The molecule has 1 fully saturated rings. The summed E-state index contributed by atoms with van der Waals surface area (Å²) in [5.41, 5.74) is 1.52. The molecule has 0 amide bonds. The number of methoxy groups -OCH3 is 1. The van der Waals surface area contributed by atoms with Crippen molar-refractivity contribution >= 4 is 52.3 Å². The number of carboxylic acid groups (broad SMARTS) is 1. The number of thiazole rings is 1. The van der Waals surface area contributed by atoms with Crippen LogP contribution in [0.25, 0.3) is 0 Å². The van der Waals surface area contributed by atoms with Gasteiger partial charge in [-0.15, -0.1) is 11.3 Å². The number of hydrogen-bond acceptors (Lipinski definition) is 9. The third kappa shape index (κ3) is 6.09. The van der Waals surface area contributed by atoms with Gasteiger partial charge in [-0.25, -0.2) is 14.6 Å². The van der Waals surface area contributed by atoms with Crippen molar-refractivity contribution in [1.82, 2.24) is 15.2 Å². The Morgan fingerprint density at radius 2 is 2.23 bits per heavy atom. The average molecular weight is 537 g/mol. The molecule has 1 aromatic carbocycles. The number of halogens is 2. The number of aliphatic imine (C=N–C) groups is 1. The summed E-state index contributed by atoms with van der Waals surface area (Å²) in [4.78, 5) is 35.1. The smallest absolute Gasteiger partial charge is 0.338 e. The summed E-state index contributed by atoms with van der Waals surface area (Å²) < 4.78 is 10.8. The second-order valence-corrected chi connectivity index (χ2v) is 9.47. The Kier molecular flexibility index (Phi) is 8.19. The number of benzene rings is 1. The summed E-state index contributed by atoms with van der Waals surface area (Å²) in [5, 5.41) is 15.5. The van der Waals surface area contributed by atoms with E-state index in [1.165, 1.54) is 24.5 Å². The highest BCUT2D eigenvalue weighted by Gasteiger charge is 2.35. The molecule has 0 radical (unpaired) electrons. The van der Waals surface area contributed by atoms with Gasteiger partial charge in [0.2, 0.25) is 0 Å². The number of morpholine rings is 1. The van der Waals surface area contributed by atoms with Crippen molar-refractivity contribution < 1.29 is 24.2 Å². The van der Waals surface area contributed by atoms with Crippen LogP contribution in [0.5, 0.6) is 0 Å². The average Bonchev–Trinajstić information content (AvgIpc) is 3.37. The van der Waals surface area contributed by atoms with Crippen LogP contribution in [0, 0.1) is 0 Å². The van der Waals surface area contributed by atoms with E-state index < -0.39 is 18.0 Å². The third-order valence-corrected chi connectivity index (χ3v) is 6.78.